The van der Waals surface area contributed by atoms with Gasteiger partial charge in [0, 0.05) is 15.6 Å². The number of rotatable bonds is 2. The number of hydrogen-bond acceptors (Lipinski definition) is 1. The third-order valence-corrected chi connectivity index (χ3v) is 3.92. The lowest BCUT2D eigenvalue weighted by Gasteiger charge is -2.10. The van der Waals surface area contributed by atoms with E-state index in [4.69, 9.17) is 0 Å². The van der Waals surface area contributed by atoms with Crippen LogP contribution in [0.4, 0.5) is 4.39 Å². The molecule has 0 spiro atoms. The van der Waals surface area contributed by atoms with Crippen molar-refractivity contribution in [3.05, 3.63) is 68.4 Å². The Labute approximate surface area is 120 Å². The number of ketones is 1. The number of carbonyl (C=O) groups is 1. The molecule has 1 nitrogen and oxygen atoms in total. The highest BCUT2D eigenvalue weighted by Gasteiger charge is 2.16. The van der Waals surface area contributed by atoms with Gasteiger partial charge in [-0.05, 0) is 77.7 Å². The Hall–Kier alpha value is -1.48. The van der Waals surface area contributed by atoms with Gasteiger partial charge in [-0.25, -0.2) is 4.39 Å². The average Bonchev–Trinajstić information content (AvgIpc) is 2.33. The smallest absolute Gasteiger partial charge is 0.194 e. The Kier molecular flexibility index (Phi) is 3.85. The summed E-state index contributed by atoms with van der Waals surface area (Å²) in [5.41, 5.74) is 4.31. The van der Waals surface area contributed by atoms with Gasteiger partial charge in [0.25, 0.3) is 0 Å². The number of benzene rings is 2. The first-order chi connectivity index (χ1) is 8.90. The van der Waals surface area contributed by atoms with Crippen molar-refractivity contribution in [2.45, 2.75) is 20.8 Å². The first kappa shape index (κ1) is 13.9. The van der Waals surface area contributed by atoms with Gasteiger partial charge in [0.05, 0.1) is 0 Å². The van der Waals surface area contributed by atoms with Gasteiger partial charge in [0.15, 0.2) is 5.78 Å². The van der Waals surface area contributed by atoms with Gasteiger partial charge in [-0.3, -0.25) is 4.79 Å². The molecule has 2 aromatic rings. The van der Waals surface area contributed by atoms with Crippen LogP contribution >= 0.6 is 15.9 Å². The molecule has 0 fully saturated rings. The zero-order chi connectivity index (χ0) is 14.2. The molecule has 3 heteroatoms. The lowest BCUT2D eigenvalue weighted by molar-refractivity contribution is 0.103. The van der Waals surface area contributed by atoms with E-state index in [9.17, 15) is 9.18 Å². The SMILES string of the molecule is Cc1cc(C)c(C(=O)c2ccc(F)cc2Br)cc1C. The summed E-state index contributed by atoms with van der Waals surface area (Å²) in [7, 11) is 0. The fourth-order valence-electron chi connectivity index (χ4n) is 2.02. The first-order valence-corrected chi connectivity index (χ1v) is 6.77. The minimum absolute atomic E-state index is 0.0903. The van der Waals surface area contributed by atoms with E-state index in [2.05, 4.69) is 15.9 Å². The van der Waals surface area contributed by atoms with Gasteiger partial charge in [-0.15, -0.1) is 0 Å². The zero-order valence-corrected chi connectivity index (χ0v) is 12.6. The van der Waals surface area contributed by atoms with Crippen LogP contribution in [0.25, 0.3) is 0 Å². The van der Waals surface area contributed by atoms with Crippen molar-refractivity contribution in [1.82, 2.24) is 0 Å². The van der Waals surface area contributed by atoms with E-state index in [1.54, 1.807) is 0 Å². The summed E-state index contributed by atoms with van der Waals surface area (Å²) in [6.07, 6.45) is 0. The van der Waals surface area contributed by atoms with Crippen LogP contribution in [0, 0.1) is 26.6 Å². The van der Waals surface area contributed by atoms with Crippen LogP contribution in [0.15, 0.2) is 34.8 Å². The van der Waals surface area contributed by atoms with Crippen molar-refractivity contribution in [1.29, 1.82) is 0 Å². The summed E-state index contributed by atoms with van der Waals surface area (Å²) in [6.45, 7) is 5.91. The lowest BCUT2D eigenvalue weighted by Crippen LogP contribution is -2.06. The molecule has 0 saturated heterocycles. The lowest BCUT2D eigenvalue weighted by atomic mass is 9.95. The maximum atomic E-state index is 13.1. The Balaban J connectivity index is 2.53. The molecule has 0 aromatic heterocycles. The Morgan fingerprint density at radius 2 is 1.58 bits per heavy atom. The second kappa shape index (κ2) is 5.25. The molecule has 0 aliphatic carbocycles. The number of halogens is 2. The quantitative estimate of drug-likeness (QED) is 0.730. The summed E-state index contributed by atoms with van der Waals surface area (Å²) in [6, 6.07) is 8.01. The molecule has 0 radical (unpaired) electrons. The maximum absolute atomic E-state index is 13.1. The van der Waals surface area contributed by atoms with Crippen molar-refractivity contribution in [3.8, 4) is 0 Å². The van der Waals surface area contributed by atoms with E-state index < -0.39 is 0 Å². The summed E-state index contributed by atoms with van der Waals surface area (Å²) in [5.74, 6) is -0.451. The normalized spacial score (nSPS) is 10.6. The second-order valence-corrected chi connectivity index (χ2v) is 5.56. The number of hydrogen-bond donors (Lipinski definition) is 0. The van der Waals surface area contributed by atoms with E-state index in [1.807, 2.05) is 32.9 Å². The van der Waals surface area contributed by atoms with Crippen LogP contribution in [-0.4, -0.2) is 5.78 Å². The predicted molar refractivity (Wildman–Crippen MR) is 78.2 cm³/mol. The molecule has 0 bridgehead atoms. The molecule has 0 heterocycles. The highest BCUT2D eigenvalue weighted by Crippen LogP contribution is 2.24. The molecule has 0 aliphatic heterocycles. The standard InChI is InChI=1S/C16H14BrFO/c1-9-6-11(3)14(7-10(9)2)16(19)13-5-4-12(18)8-15(13)17/h4-8H,1-3H3. The minimum atomic E-state index is -0.361. The second-order valence-electron chi connectivity index (χ2n) is 4.70. The van der Waals surface area contributed by atoms with Crippen molar-refractivity contribution in [2.24, 2.45) is 0 Å². The molecular formula is C16H14BrFO. The largest absolute Gasteiger partial charge is 0.289 e. The maximum Gasteiger partial charge on any atom is 0.194 e. The molecular weight excluding hydrogens is 307 g/mol. The highest BCUT2D eigenvalue weighted by molar-refractivity contribution is 9.10. The molecule has 98 valence electrons. The van der Waals surface area contributed by atoms with Gasteiger partial charge in [-0.2, -0.15) is 0 Å². The monoisotopic (exact) mass is 320 g/mol. The van der Waals surface area contributed by atoms with E-state index in [1.165, 1.54) is 18.2 Å². The van der Waals surface area contributed by atoms with Crippen LogP contribution < -0.4 is 0 Å². The van der Waals surface area contributed by atoms with Crippen molar-refractivity contribution >= 4 is 21.7 Å². The van der Waals surface area contributed by atoms with E-state index in [0.717, 1.165) is 16.7 Å². The van der Waals surface area contributed by atoms with E-state index in [0.29, 0.717) is 15.6 Å². The molecule has 0 atom stereocenters. The van der Waals surface area contributed by atoms with Crippen LogP contribution in [0.5, 0.6) is 0 Å². The van der Waals surface area contributed by atoms with Gasteiger partial charge in [-0.1, -0.05) is 6.07 Å². The van der Waals surface area contributed by atoms with E-state index in [-0.39, 0.29) is 11.6 Å². The zero-order valence-electron chi connectivity index (χ0n) is 11.1. The fourth-order valence-corrected chi connectivity index (χ4v) is 2.55. The first-order valence-electron chi connectivity index (χ1n) is 5.97. The van der Waals surface area contributed by atoms with Crippen molar-refractivity contribution < 1.29 is 9.18 Å². The summed E-state index contributed by atoms with van der Waals surface area (Å²) < 4.78 is 13.5. The van der Waals surface area contributed by atoms with Gasteiger partial charge in [0.1, 0.15) is 5.82 Å². The van der Waals surface area contributed by atoms with Gasteiger partial charge in [0.2, 0.25) is 0 Å². The van der Waals surface area contributed by atoms with Crippen LogP contribution in [0.2, 0.25) is 0 Å². The van der Waals surface area contributed by atoms with E-state index >= 15 is 0 Å². The molecule has 0 unspecified atom stereocenters. The number of aryl methyl sites for hydroxylation is 3. The molecule has 0 N–H and O–H groups in total. The molecule has 0 aliphatic rings. The predicted octanol–water partition coefficient (Wildman–Crippen LogP) is 4.74. The molecule has 2 aromatic carbocycles. The summed E-state index contributed by atoms with van der Waals surface area (Å²) in [5, 5.41) is 0. The van der Waals surface area contributed by atoms with Crippen LogP contribution in [-0.2, 0) is 0 Å². The third kappa shape index (κ3) is 2.76. The molecule has 0 amide bonds. The molecule has 2 rings (SSSR count). The van der Waals surface area contributed by atoms with Crippen molar-refractivity contribution in [2.75, 3.05) is 0 Å². The number of carbonyl (C=O) groups excluding carboxylic acids is 1. The Bertz CT molecular complexity index is 662. The summed E-state index contributed by atoms with van der Waals surface area (Å²) in [4.78, 5) is 12.5. The third-order valence-electron chi connectivity index (χ3n) is 3.26. The fraction of sp³-hybridized carbons (Fsp3) is 0.188. The average molecular weight is 321 g/mol. The van der Waals surface area contributed by atoms with Crippen molar-refractivity contribution in [3.63, 3.8) is 0 Å². The Morgan fingerprint density at radius 1 is 0.947 bits per heavy atom. The topological polar surface area (TPSA) is 17.1 Å². The molecule has 19 heavy (non-hydrogen) atoms. The van der Waals surface area contributed by atoms with Crippen LogP contribution in [0.3, 0.4) is 0 Å². The summed E-state index contributed by atoms with van der Waals surface area (Å²) >= 11 is 3.24. The highest BCUT2D eigenvalue weighted by atomic mass is 79.9. The minimum Gasteiger partial charge on any atom is -0.289 e. The Morgan fingerprint density at radius 3 is 2.21 bits per heavy atom. The van der Waals surface area contributed by atoms with Gasteiger partial charge < -0.3 is 0 Å². The van der Waals surface area contributed by atoms with Crippen LogP contribution in [0.1, 0.15) is 32.6 Å². The van der Waals surface area contributed by atoms with Gasteiger partial charge >= 0.3 is 0 Å². The molecule has 0 saturated carbocycles.